The van der Waals surface area contributed by atoms with Crippen LogP contribution in [0.4, 0.5) is 0 Å². The fraction of sp³-hybridized carbons (Fsp3) is 0.300. The van der Waals surface area contributed by atoms with E-state index in [0.717, 1.165) is 11.1 Å². The van der Waals surface area contributed by atoms with Gasteiger partial charge in [-0.15, -0.1) is 0 Å². The molecule has 25 heavy (non-hydrogen) atoms. The summed E-state index contributed by atoms with van der Waals surface area (Å²) in [6.45, 7) is 4.16. The van der Waals surface area contributed by atoms with Crippen LogP contribution in [0.1, 0.15) is 53.7 Å². The zero-order valence-corrected chi connectivity index (χ0v) is 14.6. The van der Waals surface area contributed by atoms with Crippen LogP contribution >= 0.6 is 0 Å². The number of carbonyl (C=O) groups is 2. The summed E-state index contributed by atoms with van der Waals surface area (Å²) in [4.78, 5) is 23.6. The molecule has 1 amide bonds. The van der Waals surface area contributed by atoms with Crippen molar-refractivity contribution in [3.05, 3.63) is 65.2 Å². The minimum absolute atomic E-state index is 0.295. The Hall–Kier alpha value is -2.82. The van der Waals surface area contributed by atoms with Crippen molar-refractivity contribution in [2.24, 2.45) is 0 Å². The van der Waals surface area contributed by atoms with E-state index in [1.165, 1.54) is 7.11 Å². The van der Waals surface area contributed by atoms with Gasteiger partial charge >= 0.3 is 0 Å². The number of carbonyl (C=O) groups excluding carboxylic acids is 2. The lowest BCUT2D eigenvalue weighted by Gasteiger charge is -2.20. The van der Waals surface area contributed by atoms with Crippen molar-refractivity contribution in [2.75, 3.05) is 7.11 Å². The first-order chi connectivity index (χ1) is 11.9. The van der Waals surface area contributed by atoms with E-state index in [2.05, 4.69) is 19.2 Å². The van der Waals surface area contributed by atoms with Crippen molar-refractivity contribution in [3.63, 3.8) is 0 Å². The molecule has 0 aromatic heterocycles. The molecule has 132 valence electrons. The molecular formula is C20H22NO4-. The van der Waals surface area contributed by atoms with Gasteiger partial charge in [-0.3, -0.25) is 4.79 Å². The molecule has 5 nitrogen and oxygen atoms in total. The van der Waals surface area contributed by atoms with E-state index in [0.29, 0.717) is 17.2 Å². The quantitative estimate of drug-likeness (QED) is 0.840. The van der Waals surface area contributed by atoms with Crippen molar-refractivity contribution in [1.29, 1.82) is 0 Å². The third kappa shape index (κ3) is 5.08. The molecule has 0 aliphatic rings. The van der Waals surface area contributed by atoms with Gasteiger partial charge < -0.3 is 20.0 Å². The summed E-state index contributed by atoms with van der Waals surface area (Å²) < 4.78 is 5.11. The van der Waals surface area contributed by atoms with Crippen LogP contribution in [-0.2, 0) is 4.79 Å². The summed E-state index contributed by atoms with van der Waals surface area (Å²) >= 11 is 0. The van der Waals surface area contributed by atoms with Gasteiger partial charge in [-0.25, -0.2) is 0 Å². The Morgan fingerprint density at radius 1 is 1.08 bits per heavy atom. The molecule has 5 heteroatoms. The van der Waals surface area contributed by atoms with Crippen LogP contribution in [0.5, 0.6) is 5.75 Å². The van der Waals surface area contributed by atoms with Gasteiger partial charge in [-0.2, -0.15) is 0 Å². The highest BCUT2D eigenvalue weighted by Gasteiger charge is 2.17. The van der Waals surface area contributed by atoms with Gasteiger partial charge in [0.2, 0.25) is 0 Å². The summed E-state index contributed by atoms with van der Waals surface area (Å²) in [6.07, 6.45) is -0.295. The first-order valence-corrected chi connectivity index (χ1v) is 8.15. The maximum Gasteiger partial charge on any atom is 0.251 e. The standard InChI is InChI=1S/C20H23NO4/c1-13(2)14-7-9-15(10-8-14)18(12-19(22)23)21-20(24)16-5-4-6-17(11-16)25-3/h4-11,13,18H,12H2,1-3H3,(H,21,24)(H,22,23)/p-1/t18-/m0/s1. The number of hydrogen-bond acceptors (Lipinski definition) is 4. The van der Waals surface area contributed by atoms with Crippen LogP contribution in [-0.4, -0.2) is 19.0 Å². The molecule has 1 atom stereocenters. The highest BCUT2D eigenvalue weighted by atomic mass is 16.5. The van der Waals surface area contributed by atoms with Gasteiger partial charge in [-0.1, -0.05) is 44.2 Å². The van der Waals surface area contributed by atoms with E-state index in [4.69, 9.17) is 4.74 Å². The number of methoxy groups -OCH3 is 1. The van der Waals surface area contributed by atoms with Crippen LogP contribution in [0.15, 0.2) is 48.5 Å². The number of hydrogen-bond donors (Lipinski definition) is 1. The van der Waals surface area contributed by atoms with E-state index < -0.39 is 12.0 Å². The lowest BCUT2D eigenvalue weighted by atomic mass is 9.97. The van der Waals surface area contributed by atoms with Gasteiger partial charge in [0, 0.05) is 18.0 Å². The van der Waals surface area contributed by atoms with Crippen molar-refractivity contribution >= 4 is 11.9 Å². The summed E-state index contributed by atoms with van der Waals surface area (Å²) in [5.74, 6) is -0.646. The third-order valence-corrected chi connectivity index (χ3v) is 4.01. The van der Waals surface area contributed by atoms with Crippen LogP contribution in [0.3, 0.4) is 0 Å². The second-order valence-corrected chi connectivity index (χ2v) is 6.16. The molecular weight excluding hydrogens is 318 g/mol. The van der Waals surface area contributed by atoms with Gasteiger partial charge in [0.25, 0.3) is 5.91 Å². The Bertz CT molecular complexity index is 738. The molecule has 0 aliphatic heterocycles. The fourth-order valence-electron chi connectivity index (χ4n) is 2.54. The summed E-state index contributed by atoms with van der Waals surface area (Å²) in [7, 11) is 1.52. The molecule has 0 fully saturated rings. The smallest absolute Gasteiger partial charge is 0.251 e. The molecule has 2 rings (SSSR count). The Balaban J connectivity index is 2.21. The largest absolute Gasteiger partial charge is 0.550 e. The Labute approximate surface area is 147 Å². The molecule has 0 saturated carbocycles. The number of ether oxygens (including phenoxy) is 1. The zero-order valence-electron chi connectivity index (χ0n) is 14.6. The number of rotatable bonds is 7. The molecule has 0 radical (unpaired) electrons. The van der Waals surface area contributed by atoms with Gasteiger partial charge in [0.1, 0.15) is 5.75 Å². The van der Waals surface area contributed by atoms with Gasteiger partial charge in [-0.05, 0) is 35.2 Å². The average molecular weight is 340 g/mol. The van der Waals surface area contributed by atoms with Crippen molar-refractivity contribution in [3.8, 4) is 5.75 Å². The molecule has 0 heterocycles. The monoisotopic (exact) mass is 340 g/mol. The molecule has 0 unspecified atom stereocenters. The zero-order chi connectivity index (χ0) is 18.4. The third-order valence-electron chi connectivity index (χ3n) is 4.01. The maximum absolute atomic E-state index is 12.5. The first kappa shape index (κ1) is 18.5. The van der Waals surface area contributed by atoms with Crippen LogP contribution in [0.2, 0.25) is 0 Å². The Morgan fingerprint density at radius 2 is 1.72 bits per heavy atom. The van der Waals surface area contributed by atoms with Crippen molar-refractivity contribution < 1.29 is 19.4 Å². The molecule has 0 aliphatic carbocycles. The number of nitrogens with one attached hydrogen (secondary N) is 1. The van der Waals surface area contributed by atoms with Crippen LogP contribution < -0.4 is 15.2 Å². The molecule has 2 aromatic rings. The summed E-state index contributed by atoms with van der Waals surface area (Å²) in [5.41, 5.74) is 2.28. The molecule has 1 N–H and O–H groups in total. The predicted octanol–water partition coefficient (Wildman–Crippen LogP) is 2.43. The van der Waals surface area contributed by atoms with Crippen LogP contribution in [0.25, 0.3) is 0 Å². The lowest BCUT2D eigenvalue weighted by molar-refractivity contribution is -0.306. The SMILES string of the molecule is COc1cccc(C(=O)N[C@@H](CC(=O)[O-])c2ccc(C(C)C)cc2)c1. The van der Waals surface area contributed by atoms with Crippen molar-refractivity contribution in [2.45, 2.75) is 32.2 Å². The van der Waals surface area contributed by atoms with E-state index in [9.17, 15) is 14.7 Å². The number of carboxylic acids is 1. The van der Waals surface area contributed by atoms with E-state index >= 15 is 0 Å². The van der Waals surface area contributed by atoms with E-state index in [1.807, 2.05) is 24.3 Å². The average Bonchev–Trinajstić information content (AvgIpc) is 2.60. The molecule has 2 aromatic carbocycles. The molecule has 0 spiro atoms. The molecule has 0 saturated heterocycles. The first-order valence-electron chi connectivity index (χ1n) is 8.15. The predicted molar refractivity (Wildman–Crippen MR) is 93.4 cm³/mol. The summed E-state index contributed by atoms with van der Waals surface area (Å²) in [6, 6.07) is 13.6. The Morgan fingerprint density at radius 3 is 2.28 bits per heavy atom. The van der Waals surface area contributed by atoms with Crippen LogP contribution in [0, 0.1) is 0 Å². The normalized spacial score (nSPS) is 11.8. The Kier molecular flexibility index (Phi) is 6.17. The van der Waals surface area contributed by atoms with E-state index in [1.54, 1.807) is 24.3 Å². The second-order valence-electron chi connectivity index (χ2n) is 6.16. The second kappa shape index (κ2) is 8.33. The number of amides is 1. The number of benzene rings is 2. The minimum atomic E-state index is -1.22. The van der Waals surface area contributed by atoms with Gasteiger partial charge in [0.05, 0.1) is 13.2 Å². The fourth-order valence-corrected chi connectivity index (χ4v) is 2.54. The van der Waals surface area contributed by atoms with Crippen molar-refractivity contribution in [1.82, 2.24) is 5.32 Å². The number of aliphatic carboxylic acids is 1. The highest BCUT2D eigenvalue weighted by Crippen LogP contribution is 2.22. The lowest BCUT2D eigenvalue weighted by Crippen LogP contribution is -2.34. The summed E-state index contributed by atoms with van der Waals surface area (Å²) in [5, 5.41) is 13.9. The number of carboxylic acid groups (broad SMARTS) is 1. The maximum atomic E-state index is 12.5. The topological polar surface area (TPSA) is 78.5 Å². The minimum Gasteiger partial charge on any atom is -0.550 e. The van der Waals surface area contributed by atoms with Gasteiger partial charge in [0.15, 0.2) is 0 Å². The van der Waals surface area contributed by atoms with E-state index in [-0.39, 0.29) is 12.3 Å². The molecule has 0 bridgehead atoms. The highest BCUT2D eigenvalue weighted by molar-refractivity contribution is 5.95.